The Bertz CT molecular complexity index is 184. The molecule has 1 amide bonds. The molecule has 0 unspecified atom stereocenters. The molecular weight excluding hydrogens is 168 g/mol. The van der Waals surface area contributed by atoms with Gasteiger partial charge < -0.3 is 15.4 Å². The second kappa shape index (κ2) is 5.72. The Hall–Kier alpha value is -0.870. The van der Waals surface area contributed by atoms with Gasteiger partial charge in [0.15, 0.2) is 0 Å². The summed E-state index contributed by atoms with van der Waals surface area (Å²) in [7, 11) is 0. The smallest absolute Gasteiger partial charge is 0.246 e. The van der Waals surface area contributed by atoms with Crippen LogP contribution in [0.2, 0.25) is 0 Å². The largest absolute Gasteiger partial charge is 0.380 e. The number of nitrogens with zero attached hydrogens (tertiary/aromatic N) is 1. The fourth-order valence-electron chi connectivity index (χ4n) is 1.24. The molecule has 74 valence electrons. The molecule has 13 heavy (non-hydrogen) atoms. The molecule has 0 atom stereocenters. The number of nitrogens with two attached hydrogens (primary N) is 1. The van der Waals surface area contributed by atoms with Gasteiger partial charge in [-0.25, -0.2) is 0 Å². The van der Waals surface area contributed by atoms with Crippen molar-refractivity contribution in [2.45, 2.75) is 6.42 Å². The maximum Gasteiger partial charge on any atom is 0.246 e. The van der Waals surface area contributed by atoms with E-state index in [-0.39, 0.29) is 5.91 Å². The normalized spacial score (nSPS) is 19.0. The minimum absolute atomic E-state index is 0.0379. The highest BCUT2D eigenvalue weighted by Crippen LogP contribution is 1.99. The summed E-state index contributed by atoms with van der Waals surface area (Å²) in [5.41, 5.74) is 5.25. The van der Waals surface area contributed by atoms with Crippen LogP contribution < -0.4 is 5.73 Å². The molecular formula is C9H16N2O2. The topological polar surface area (TPSA) is 55.6 Å². The van der Waals surface area contributed by atoms with E-state index in [4.69, 9.17) is 10.5 Å². The van der Waals surface area contributed by atoms with Gasteiger partial charge in [0.05, 0.1) is 6.61 Å². The monoisotopic (exact) mass is 184 g/mol. The molecule has 0 aromatic rings. The van der Waals surface area contributed by atoms with E-state index in [0.29, 0.717) is 19.7 Å². The lowest BCUT2D eigenvalue weighted by molar-refractivity contribution is -0.126. The van der Waals surface area contributed by atoms with Crippen molar-refractivity contribution in [3.8, 4) is 0 Å². The van der Waals surface area contributed by atoms with Gasteiger partial charge in [-0.3, -0.25) is 4.79 Å². The molecule has 0 aromatic carbocycles. The number of carbonyl (C=O) groups is 1. The average Bonchev–Trinajstić information content (AvgIpc) is 2.42. The third kappa shape index (κ3) is 3.57. The molecule has 0 saturated carbocycles. The molecule has 1 rings (SSSR count). The molecule has 1 aliphatic heterocycles. The van der Waals surface area contributed by atoms with Gasteiger partial charge in [-0.2, -0.15) is 0 Å². The zero-order valence-electron chi connectivity index (χ0n) is 7.74. The molecule has 2 N–H and O–H groups in total. The fraction of sp³-hybridized carbons (Fsp3) is 0.667. The van der Waals surface area contributed by atoms with Gasteiger partial charge in [-0.15, -0.1) is 0 Å². The van der Waals surface area contributed by atoms with Crippen LogP contribution in [0.3, 0.4) is 0 Å². The third-order valence-electron chi connectivity index (χ3n) is 1.93. The first-order valence-electron chi connectivity index (χ1n) is 4.58. The minimum Gasteiger partial charge on any atom is -0.380 e. The summed E-state index contributed by atoms with van der Waals surface area (Å²) in [5.74, 6) is 0.0379. The minimum atomic E-state index is 0.0379. The van der Waals surface area contributed by atoms with Gasteiger partial charge in [-0.05, 0) is 6.42 Å². The molecule has 1 saturated heterocycles. The van der Waals surface area contributed by atoms with E-state index in [1.165, 1.54) is 6.08 Å². The zero-order valence-corrected chi connectivity index (χ0v) is 7.74. The first kappa shape index (κ1) is 10.2. The molecule has 4 heteroatoms. The van der Waals surface area contributed by atoms with Gasteiger partial charge in [0.1, 0.15) is 0 Å². The number of hydrogen-bond acceptors (Lipinski definition) is 3. The Labute approximate surface area is 78.3 Å². The zero-order chi connectivity index (χ0) is 9.52. The van der Waals surface area contributed by atoms with Crippen molar-refractivity contribution in [1.29, 1.82) is 0 Å². The molecule has 1 aliphatic rings. The van der Waals surface area contributed by atoms with E-state index in [1.54, 1.807) is 11.0 Å². The van der Waals surface area contributed by atoms with Gasteiger partial charge in [0, 0.05) is 32.3 Å². The number of hydrogen-bond donors (Lipinski definition) is 1. The highest BCUT2D eigenvalue weighted by Gasteiger charge is 2.12. The van der Waals surface area contributed by atoms with Crippen LogP contribution >= 0.6 is 0 Å². The second-order valence-corrected chi connectivity index (χ2v) is 2.93. The third-order valence-corrected chi connectivity index (χ3v) is 1.93. The highest BCUT2D eigenvalue weighted by atomic mass is 16.5. The van der Waals surface area contributed by atoms with E-state index in [2.05, 4.69) is 0 Å². The lowest BCUT2D eigenvalue weighted by Gasteiger charge is -2.16. The molecule has 1 heterocycles. The highest BCUT2D eigenvalue weighted by molar-refractivity contribution is 5.87. The van der Waals surface area contributed by atoms with Crippen molar-refractivity contribution in [1.82, 2.24) is 4.90 Å². The summed E-state index contributed by atoms with van der Waals surface area (Å²) in [5, 5.41) is 0. The van der Waals surface area contributed by atoms with Crippen molar-refractivity contribution in [3.63, 3.8) is 0 Å². The van der Waals surface area contributed by atoms with Crippen LogP contribution in [0.5, 0.6) is 0 Å². The van der Waals surface area contributed by atoms with Gasteiger partial charge in [0.25, 0.3) is 0 Å². The molecule has 0 radical (unpaired) electrons. The standard InChI is InChI=1S/C9H16N2O2/c10-4-1-3-9(12)11-5-2-7-13-8-6-11/h1,3H,2,4-8,10H2/b3-1+. The van der Waals surface area contributed by atoms with Gasteiger partial charge >= 0.3 is 0 Å². The van der Waals surface area contributed by atoms with Crippen molar-refractivity contribution in [2.24, 2.45) is 5.73 Å². The van der Waals surface area contributed by atoms with E-state index < -0.39 is 0 Å². The lowest BCUT2D eigenvalue weighted by atomic mass is 10.3. The Morgan fingerprint density at radius 3 is 3.08 bits per heavy atom. The average molecular weight is 184 g/mol. The molecule has 0 spiro atoms. The van der Waals surface area contributed by atoms with Crippen LogP contribution in [0.15, 0.2) is 12.2 Å². The summed E-state index contributed by atoms with van der Waals surface area (Å²) in [6.45, 7) is 3.28. The van der Waals surface area contributed by atoms with Crippen LogP contribution in [0.4, 0.5) is 0 Å². The molecule has 0 aliphatic carbocycles. The number of amides is 1. The SMILES string of the molecule is NC/C=C/C(=O)N1CCCOCC1. The fourth-order valence-corrected chi connectivity index (χ4v) is 1.24. The van der Waals surface area contributed by atoms with Crippen molar-refractivity contribution in [3.05, 3.63) is 12.2 Å². The summed E-state index contributed by atoms with van der Waals surface area (Å²) in [4.78, 5) is 13.2. The number of ether oxygens (including phenoxy) is 1. The first-order valence-corrected chi connectivity index (χ1v) is 4.58. The number of carbonyl (C=O) groups excluding carboxylic acids is 1. The van der Waals surface area contributed by atoms with E-state index in [0.717, 1.165) is 19.6 Å². The number of rotatable bonds is 2. The Balaban J connectivity index is 2.39. The van der Waals surface area contributed by atoms with Crippen LogP contribution in [0, 0.1) is 0 Å². The maximum absolute atomic E-state index is 11.4. The van der Waals surface area contributed by atoms with E-state index in [1.807, 2.05) is 0 Å². The van der Waals surface area contributed by atoms with Crippen molar-refractivity contribution < 1.29 is 9.53 Å². The molecule has 0 aromatic heterocycles. The maximum atomic E-state index is 11.4. The van der Waals surface area contributed by atoms with Crippen molar-refractivity contribution in [2.75, 3.05) is 32.8 Å². The molecule has 4 nitrogen and oxygen atoms in total. The predicted octanol–water partition coefficient (Wildman–Crippen LogP) is -0.250. The van der Waals surface area contributed by atoms with E-state index in [9.17, 15) is 4.79 Å². The van der Waals surface area contributed by atoms with Crippen LogP contribution in [-0.2, 0) is 9.53 Å². The first-order chi connectivity index (χ1) is 6.34. The lowest BCUT2D eigenvalue weighted by Crippen LogP contribution is -2.31. The quantitative estimate of drug-likeness (QED) is 0.602. The Kier molecular flexibility index (Phi) is 4.49. The summed E-state index contributed by atoms with van der Waals surface area (Å²) >= 11 is 0. The van der Waals surface area contributed by atoms with Gasteiger partial charge in [-0.1, -0.05) is 6.08 Å². The summed E-state index contributed by atoms with van der Waals surface area (Å²) < 4.78 is 5.24. The summed E-state index contributed by atoms with van der Waals surface area (Å²) in [6, 6.07) is 0. The van der Waals surface area contributed by atoms with Gasteiger partial charge in [0.2, 0.25) is 5.91 Å². The Morgan fingerprint density at radius 1 is 1.46 bits per heavy atom. The van der Waals surface area contributed by atoms with Crippen LogP contribution in [-0.4, -0.2) is 43.7 Å². The Morgan fingerprint density at radius 2 is 2.31 bits per heavy atom. The second-order valence-electron chi connectivity index (χ2n) is 2.93. The van der Waals surface area contributed by atoms with E-state index >= 15 is 0 Å². The molecule has 0 bridgehead atoms. The van der Waals surface area contributed by atoms with Crippen LogP contribution in [0.1, 0.15) is 6.42 Å². The van der Waals surface area contributed by atoms with Crippen molar-refractivity contribution >= 4 is 5.91 Å². The predicted molar refractivity (Wildman–Crippen MR) is 50.2 cm³/mol. The summed E-state index contributed by atoms with van der Waals surface area (Å²) in [6.07, 6.45) is 4.13. The van der Waals surface area contributed by atoms with Crippen LogP contribution in [0.25, 0.3) is 0 Å². The molecule has 1 fully saturated rings.